The molecule has 1 aromatic heterocycles. The van der Waals surface area contributed by atoms with Crippen LogP contribution in [0.15, 0.2) is 47.5 Å². The molecular weight excluding hydrogens is 470 g/mol. The van der Waals surface area contributed by atoms with E-state index in [0.29, 0.717) is 37.3 Å². The Bertz CT molecular complexity index is 1250. The second kappa shape index (κ2) is 8.05. The third kappa shape index (κ3) is 4.61. The van der Waals surface area contributed by atoms with E-state index in [9.17, 15) is 34.8 Å². The van der Waals surface area contributed by atoms with E-state index in [4.69, 9.17) is 0 Å². The number of nitrogens with one attached hydrogen (secondary N) is 1. The van der Waals surface area contributed by atoms with Crippen LogP contribution in [-0.2, 0) is 22.1 Å². The highest BCUT2D eigenvalue weighted by atomic mass is 32.2. The number of hydrogen-bond acceptors (Lipinski definition) is 2. The molecular formula is C22H20F6N2O2S. The maximum atomic E-state index is 13.8. The highest BCUT2D eigenvalue weighted by molar-refractivity contribution is 7.89. The largest absolute Gasteiger partial charge is 0.416 e. The number of aromatic nitrogens is 1. The van der Waals surface area contributed by atoms with Crippen LogP contribution in [0.2, 0.25) is 0 Å². The number of benzene rings is 2. The summed E-state index contributed by atoms with van der Waals surface area (Å²) in [6.07, 6.45) is -2.55. The molecule has 3 aromatic rings. The lowest BCUT2D eigenvalue weighted by atomic mass is 9.90. The SMILES string of the molecule is CC(F)(F)c1cc(C(F)(F)F)cc(S(=O)(=O)N2CCC(c3c[nH]c4ccc(F)cc34)CC2)c1. The summed E-state index contributed by atoms with van der Waals surface area (Å²) in [5.41, 5.74) is -0.908. The molecule has 0 bridgehead atoms. The van der Waals surface area contributed by atoms with Gasteiger partial charge < -0.3 is 4.98 Å². The van der Waals surface area contributed by atoms with Crippen molar-refractivity contribution in [3.8, 4) is 0 Å². The second-order valence-electron chi connectivity index (χ2n) is 8.24. The van der Waals surface area contributed by atoms with E-state index in [1.807, 2.05) is 0 Å². The van der Waals surface area contributed by atoms with Gasteiger partial charge in [0, 0.05) is 42.7 Å². The van der Waals surface area contributed by atoms with Crippen LogP contribution in [0.1, 0.15) is 42.4 Å². The molecule has 0 unspecified atom stereocenters. The maximum absolute atomic E-state index is 13.8. The molecule has 1 fully saturated rings. The zero-order valence-corrected chi connectivity index (χ0v) is 18.2. The number of nitrogens with zero attached hydrogens (tertiary/aromatic N) is 1. The zero-order valence-electron chi connectivity index (χ0n) is 17.4. The van der Waals surface area contributed by atoms with Gasteiger partial charge in [0.05, 0.1) is 10.5 Å². The van der Waals surface area contributed by atoms with Gasteiger partial charge in [-0.2, -0.15) is 17.5 Å². The number of alkyl halides is 5. The van der Waals surface area contributed by atoms with Crippen LogP contribution in [0.5, 0.6) is 0 Å². The van der Waals surface area contributed by atoms with Crippen LogP contribution < -0.4 is 0 Å². The summed E-state index contributed by atoms with van der Waals surface area (Å²) < 4.78 is 108. The topological polar surface area (TPSA) is 53.2 Å². The van der Waals surface area contributed by atoms with Crippen LogP contribution in [0.4, 0.5) is 26.3 Å². The Morgan fingerprint density at radius 1 is 0.970 bits per heavy atom. The first-order valence-corrected chi connectivity index (χ1v) is 11.6. The van der Waals surface area contributed by atoms with Gasteiger partial charge in [0.1, 0.15) is 5.82 Å². The molecule has 11 heteroatoms. The smallest absolute Gasteiger partial charge is 0.361 e. The Kier molecular flexibility index (Phi) is 5.76. The summed E-state index contributed by atoms with van der Waals surface area (Å²) in [6.45, 7) is 0.389. The van der Waals surface area contributed by atoms with E-state index in [-0.39, 0.29) is 25.1 Å². The van der Waals surface area contributed by atoms with Crippen LogP contribution >= 0.6 is 0 Å². The third-order valence-corrected chi connectivity index (χ3v) is 7.82. The van der Waals surface area contributed by atoms with E-state index < -0.39 is 44.0 Å². The van der Waals surface area contributed by atoms with E-state index >= 15 is 0 Å². The summed E-state index contributed by atoms with van der Waals surface area (Å²) in [5, 5.41) is 0.684. The van der Waals surface area contributed by atoms with Crippen molar-refractivity contribution in [3.63, 3.8) is 0 Å². The predicted octanol–water partition coefficient (Wildman–Crippen LogP) is 6.01. The van der Waals surface area contributed by atoms with E-state index in [1.54, 1.807) is 12.3 Å². The highest BCUT2D eigenvalue weighted by Crippen LogP contribution is 2.39. The van der Waals surface area contributed by atoms with Gasteiger partial charge in [-0.25, -0.2) is 21.6 Å². The fraction of sp³-hybridized carbons (Fsp3) is 0.364. The first kappa shape index (κ1) is 23.6. The van der Waals surface area contributed by atoms with Crippen molar-refractivity contribution in [2.45, 2.75) is 42.7 Å². The molecule has 33 heavy (non-hydrogen) atoms. The van der Waals surface area contributed by atoms with Crippen LogP contribution in [0.3, 0.4) is 0 Å². The predicted molar refractivity (Wildman–Crippen MR) is 110 cm³/mol. The highest BCUT2D eigenvalue weighted by Gasteiger charge is 2.38. The standard InChI is InChI=1S/C22H20F6N2O2S/c1-21(24,25)14-8-15(22(26,27)28)10-17(9-14)33(31,32)30-6-4-13(5-7-30)19-12-29-20-3-2-16(23)11-18(19)20/h2-3,8-13,29H,4-7H2,1H3. The molecule has 178 valence electrons. The number of rotatable bonds is 4. The average Bonchev–Trinajstić information content (AvgIpc) is 3.15. The molecule has 2 heterocycles. The molecule has 4 rings (SSSR count). The molecule has 1 N–H and O–H groups in total. The van der Waals surface area contributed by atoms with Gasteiger partial charge in [-0.05, 0) is 60.7 Å². The average molecular weight is 490 g/mol. The molecule has 1 aliphatic heterocycles. The van der Waals surface area contributed by atoms with Crippen LogP contribution in [-0.4, -0.2) is 30.8 Å². The Morgan fingerprint density at radius 3 is 2.21 bits per heavy atom. The molecule has 2 aromatic carbocycles. The number of hydrogen-bond donors (Lipinski definition) is 1. The van der Waals surface area contributed by atoms with E-state index in [1.165, 1.54) is 12.1 Å². The number of aromatic amines is 1. The lowest BCUT2D eigenvalue weighted by Crippen LogP contribution is -2.38. The van der Waals surface area contributed by atoms with Crippen molar-refractivity contribution in [3.05, 3.63) is 65.1 Å². The number of H-pyrrole nitrogens is 1. The van der Waals surface area contributed by atoms with E-state index in [0.717, 1.165) is 15.4 Å². The van der Waals surface area contributed by atoms with Gasteiger partial charge in [0.2, 0.25) is 10.0 Å². The van der Waals surface area contributed by atoms with Crippen molar-refractivity contribution >= 4 is 20.9 Å². The number of sulfonamides is 1. The minimum atomic E-state index is -4.98. The Morgan fingerprint density at radius 2 is 1.61 bits per heavy atom. The summed E-state index contributed by atoms with van der Waals surface area (Å²) in [4.78, 5) is 2.23. The minimum absolute atomic E-state index is 0.0108. The summed E-state index contributed by atoms with van der Waals surface area (Å²) in [5.74, 6) is -4.15. The second-order valence-corrected chi connectivity index (χ2v) is 10.2. The van der Waals surface area contributed by atoms with Crippen molar-refractivity contribution < 1.29 is 34.8 Å². The van der Waals surface area contributed by atoms with Crippen molar-refractivity contribution in [1.82, 2.24) is 9.29 Å². The molecule has 0 radical (unpaired) electrons. The van der Waals surface area contributed by atoms with Gasteiger partial charge in [-0.15, -0.1) is 0 Å². The Balaban J connectivity index is 1.61. The molecule has 0 atom stereocenters. The van der Waals surface area contributed by atoms with Gasteiger partial charge in [-0.3, -0.25) is 0 Å². The maximum Gasteiger partial charge on any atom is 0.416 e. The van der Waals surface area contributed by atoms with Gasteiger partial charge >= 0.3 is 6.18 Å². The molecule has 0 amide bonds. The summed E-state index contributed by atoms with van der Waals surface area (Å²) >= 11 is 0. The molecule has 1 aliphatic rings. The molecule has 1 saturated heterocycles. The van der Waals surface area contributed by atoms with Crippen molar-refractivity contribution in [2.24, 2.45) is 0 Å². The van der Waals surface area contributed by atoms with E-state index in [2.05, 4.69) is 4.98 Å². The molecule has 0 saturated carbocycles. The first-order valence-electron chi connectivity index (χ1n) is 10.1. The number of halogens is 6. The fourth-order valence-electron chi connectivity index (χ4n) is 4.17. The Hall–Kier alpha value is -2.53. The monoisotopic (exact) mass is 490 g/mol. The van der Waals surface area contributed by atoms with Crippen LogP contribution in [0.25, 0.3) is 10.9 Å². The number of fused-ring (bicyclic) bond motifs is 1. The fourth-order valence-corrected chi connectivity index (χ4v) is 5.71. The zero-order chi connectivity index (χ0) is 24.2. The van der Waals surface area contributed by atoms with Gasteiger partial charge in [-0.1, -0.05) is 0 Å². The molecule has 0 aliphatic carbocycles. The quantitative estimate of drug-likeness (QED) is 0.456. The van der Waals surface area contributed by atoms with Gasteiger partial charge in [0.15, 0.2) is 0 Å². The summed E-state index contributed by atoms with van der Waals surface area (Å²) in [6, 6.07) is 5.56. The normalized spacial score (nSPS) is 17.1. The first-order chi connectivity index (χ1) is 15.3. The van der Waals surface area contributed by atoms with Gasteiger partial charge in [0.25, 0.3) is 5.92 Å². The lowest BCUT2D eigenvalue weighted by Gasteiger charge is -2.31. The molecule has 0 spiro atoms. The third-order valence-electron chi connectivity index (χ3n) is 5.95. The number of piperidine rings is 1. The van der Waals surface area contributed by atoms with Crippen molar-refractivity contribution in [2.75, 3.05) is 13.1 Å². The van der Waals surface area contributed by atoms with Crippen molar-refractivity contribution in [1.29, 1.82) is 0 Å². The Labute approximate surface area is 186 Å². The summed E-state index contributed by atoms with van der Waals surface area (Å²) in [7, 11) is -4.44. The molecule has 4 nitrogen and oxygen atoms in total. The van der Waals surface area contributed by atoms with Crippen LogP contribution in [0, 0.1) is 5.82 Å². The lowest BCUT2D eigenvalue weighted by molar-refractivity contribution is -0.138. The minimum Gasteiger partial charge on any atom is -0.361 e.